The Morgan fingerprint density at radius 3 is 2.70 bits per heavy atom. The summed E-state index contributed by atoms with van der Waals surface area (Å²) in [7, 11) is -3.45. The monoisotopic (exact) mass is 351 g/mol. The van der Waals surface area contributed by atoms with Crippen LogP contribution >= 0.6 is 11.6 Å². The molecule has 2 aromatic rings. The van der Waals surface area contributed by atoms with E-state index in [2.05, 4.69) is 10.3 Å². The summed E-state index contributed by atoms with van der Waals surface area (Å²) in [5.41, 5.74) is 7.05. The number of aromatic nitrogens is 1. The Labute approximate surface area is 138 Å². The van der Waals surface area contributed by atoms with Crippen molar-refractivity contribution in [2.75, 3.05) is 11.1 Å². The minimum absolute atomic E-state index is 0.0335. The molecule has 8 heteroatoms. The summed E-state index contributed by atoms with van der Waals surface area (Å²) in [6.07, 6.45) is 3.41. The third-order valence-corrected chi connectivity index (χ3v) is 5.82. The average molecular weight is 352 g/mol. The van der Waals surface area contributed by atoms with E-state index in [1.807, 2.05) is 0 Å². The highest BCUT2D eigenvalue weighted by Gasteiger charge is 2.30. The van der Waals surface area contributed by atoms with Gasteiger partial charge in [-0.25, -0.2) is 8.42 Å². The van der Waals surface area contributed by atoms with E-state index in [9.17, 15) is 13.2 Å². The molecule has 0 spiro atoms. The number of sulfone groups is 1. The largest absolute Gasteiger partial charge is 0.324 e. The molecule has 0 bridgehead atoms. The summed E-state index contributed by atoms with van der Waals surface area (Å²) in [6, 6.07) is 5.62. The fourth-order valence-corrected chi connectivity index (χ4v) is 4.39. The molecule has 0 fully saturated rings. The first kappa shape index (κ1) is 15.9. The van der Waals surface area contributed by atoms with Crippen molar-refractivity contribution < 1.29 is 13.2 Å². The lowest BCUT2D eigenvalue weighted by Crippen LogP contribution is -2.26. The van der Waals surface area contributed by atoms with E-state index >= 15 is 0 Å². The lowest BCUT2D eigenvalue weighted by molar-refractivity contribution is 0.102. The summed E-state index contributed by atoms with van der Waals surface area (Å²) in [6.45, 7) is 0. The summed E-state index contributed by atoms with van der Waals surface area (Å²) in [5.74, 6) is -0.521. The Balaban J connectivity index is 2.02. The molecule has 1 unspecified atom stereocenters. The standard InChI is InChI=1S/C15H14ClN3O3S/c16-12-7-11-13(17)3-6-23(21,22)14(11)8-10(12)15(20)19-9-1-4-18-5-2-9/h1-2,4-5,7-8,13H,3,6,17H2,(H,18,19,20). The normalized spacial score (nSPS) is 19.0. The number of halogens is 1. The van der Waals surface area contributed by atoms with Crippen molar-refractivity contribution in [3.63, 3.8) is 0 Å². The molecule has 23 heavy (non-hydrogen) atoms. The molecule has 0 radical (unpaired) electrons. The Kier molecular flexibility index (Phi) is 4.09. The number of carbonyl (C=O) groups excluding carboxylic acids is 1. The molecular formula is C15H14ClN3O3S. The second-order valence-electron chi connectivity index (χ2n) is 5.27. The molecule has 3 rings (SSSR count). The van der Waals surface area contributed by atoms with Crippen molar-refractivity contribution in [3.8, 4) is 0 Å². The molecule has 120 valence electrons. The molecule has 6 nitrogen and oxygen atoms in total. The smallest absolute Gasteiger partial charge is 0.257 e. The van der Waals surface area contributed by atoms with Gasteiger partial charge in [-0.1, -0.05) is 11.6 Å². The van der Waals surface area contributed by atoms with Gasteiger partial charge >= 0.3 is 0 Å². The second kappa shape index (κ2) is 5.92. The molecule has 0 saturated carbocycles. The lowest BCUT2D eigenvalue weighted by Gasteiger charge is -2.23. The first-order chi connectivity index (χ1) is 10.9. The summed E-state index contributed by atoms with van der Waals surface area (Å²) in [5, 5.41) is 2.82. The number of nitrogens with one attached hydrogen (secondary N) is 1. The average Bonchev–Trinajstić information content (AvgIpc) is 2.52. The number of hydrogen-bond acceptors (Lipinski definition) is 5. The number of hydrogen-bond donors (Lipinski definition) is 2. The van der Waals surface area contributed by atoms with Crippen molar-refractivity contribution in [3.05, 3.63) is 52.8 Å². The van der Waals surface area contributed by atoms with Gasteiger partial charge in [0.15, 0.2) is 9.84 Å². The number of nitrogens with two attached hydrogens (primary N) is 1. The maximum Gasteiger partial charge on any atom is 0.257 e. The van der Waals surface area contributed by atoms with Gasteiger partial charge in [-0.15, -0.1) is 0 Å². The van der Waals surface area contributed by atoms with Gasteiger partial charge < -0.3 is 11.1 Å². The predicted octanol–water partition coefficient (Wildman–Crippen LogP) is 2.16. The van der Waals surface area contributed by atoms with E-state index < -0.39 is 21.8 Å². The highest BCUT2D eigenvalue weighted by atomic mass is 35.5. The van der Waals surface area contributed by atoms with Gasteiger partial charge in [0, 0.05) is 24.1 Å². The molecule has 1 amide bonds. The zero-order valence-electron chi connectivity index (χ0n) is 12.0. The number of pyridine rings is 1. The quantitative estimate of drug-likeness (QED) is 0.863. The zero-order valence-corrected chi connectivity index (χ0v) is 13.6. The maximum absolute atomic E-state index is 12.4. The van der Waals surface area contributed by atoms with Crippen molar-refractivity contribution in [2.45, 2.75) is 17.4 Å². The fourth-order valence-electron chi connectivity index (χ4n) is 2.48. The number of rotatable bonds is 2. The van der Waals surface area contributed by atoms with Crippen LogP contribution in [0.3, 0.4) is 0 Å². The SMILES string of the molecule is NC1CCS(=O)(=O)c2cc(C(=O)Nc3ccncc3)c(Cl)cc21. The summed E-state index contributed by atoms with van der Waals surface area (Å²) < 4.78 is 24.4. The zero-order chi connectivity index (χ0) is 16.6. The Hall–Kier alpha value is -1.96. The van der Waals surface area contributed by atoms with E-state index in [0.717, 1.165) is 0 Å². The van der Waals surface area contributed by atoms with Crippen LogP contribution in [0, 0.1) is 0 Å². The number of benzene rings is 1. The summed E-state index contributed by atoms with van der Waals surface area (Å²) >= 11 is 6.16. The molecule has 2 heterocycles. The van der Waals surface area contributed by atoms with Gasteiger partial charge in [0.25, 0.3) is 5.91 Å². The third-order valence-electron chi connectivity index (χ3n) is 3.71. The van der Waals surface area contributed by atoms with Crippen LogP contribution in [0.2, 0.25) is 5.02 Å². The maximum atomic E-state index is 12.4. The number of carbonyl (C=O) groups is 1. The minimum atomic E-state index is -3.45. The Bertz CT molecular complexity index is 869. The number of fused-ring (bicyclic) bond motifs is 1. The second-order valence-corrected chi connectivity index (χ2v) is 7.76. The van der Waals surface area contributed by atoms with Gasteiger partial charge in [0.2, 0.25) is 0 Å². The van der Waals surface area contributed by atoms with Crippen molar-refractivity contribution >= 4 is 33.0 Å². The topological polar surface area (TPSA) is 102 Å². The van der Waals surface area contributed by atoms with Gasteiger partial charge in [-0.3, -0.25) is 9.78 Å². The van der Waals surface area contributed by atoms with E-state index in [4.69, 9.17) is 17.3 Å². The first-order valence-electron chi connectivity index (χ1n) is 6.91. The molecule has 1 aromatic heterocycles. The van der Waals surface area contributed by atoms with Gasteiger partial charge in [-0.2, -0.15) is 0 Å². The number of amides is 1. The molecule has 1 aliphatic heterocycles. The Morgan fingerprint density at radius 1 is 1.30 bits per heavy atom. The van der Waals surface area contributed by atoms with Crippen LogP contribution in [0.25, 0.3) is 0 Å². The van der Waals surface area contributed by atoms with E-state index in [1.165, 1.54) is 24.5 Å². The summed E-state index contributed by atoms with van der Waals surface area (Å²) in [4.78, 5) is 16.3. The van der Waals surface area contributed by atoms with Crippen molar-refractivity contribution in [1.29, 1.82) is 0 Å². The Morgan fingerprint density at radius 2 is 2.00 bits per heavy atom. The molecule has 1 aliphatic rings. The fraction of sp³-hybridized carbons (Fsp3) is 0.200. The van der Waals surface area contributed by atoms with Gasteiger partial charge in [-0.05, 0) is 36.2 Å². The minimum Gasteiger partial charge on any atom is -0.324 e. The van der Waals surface area contributed by atoms with Crippen LogP contribution < -0.4 is 11.1 Å². The third kappa shape index (κ3) is 3.08. The van der Waals surface area contributed by atoms with Crippen molar-refractivity contribution in [1.82, 2.24) is 4.98 Å². The van der Waals surface area contributed by atoms with Crippen LogP contribution in [-0.2, 0) is 9.84 Å². The first-order valence-corrected chi connectivity index (χ1v) is 8.94. The molecule has 0 saturated heterocycles. The van der Waals surface area contributed by atoms with Crippen LogP contribution in [0.1, 0.15) is 28.4 Å². The highest BCUT2D eigenvalue weighted by Crippen LogP contribution is 2.34. The van der Waals surface area contributed by atoms with Crippen molar-refractivity contribution in [2.24, 2.45) is 5.73 Å². The van der Waals surface area contributed by atoms with Crippen LogP contribution in [0.15, 0.2) is 41.6 Å². The van der Waals surface area contributed by atoms with Gasteiger partial charge in [0.05, 0.1) is 21.2 Å². The molecular weight excluding hydrogens is 338 g/mol. The van der Waals surface area contributed by atoms with E-state index in [0.29, 0.717) is 17.7 Å². The predicted molar refractivity (Wildman–Crippen MR) is 87.2 cm³/mol. The molecule has 1 atom stereocenters. The molecule has 3 N–H and O–H groups in total. The molecule has 1 aromatic carbocycles. The van der Waals surface area contributed by atoms with E-state index in [1.54, 1.807) is 12.1 Å². The van der Waals surface area contributed by atoms with Crippen LogP contribution in [0.5, 0.6) is 0 Å². The van der Waals surface area contributed by atoms with Gasteiger partial charge in [0.1, 0.15) is 0 Å². The number of nitrogens with zero attached hydrogens (tertiary/aromatic N) is 1. The molecule has 0 aliphatic carbocycles. The number of anilines is 1. The highest BCUT2D eigenvalue weighted by molar-refractivity contribution is 7.91. The van der Waals surface area contributed by atoms with Crippen LogP contribution in [-0.4, -0.2) is 25.1 Å². The van der Waals surface area contributed by atoms with E-state index in [-0.39, 0.29) is 21.2 Å². The van der Waals surface area contributed by atoms with Crippen LogP contribution in [0.4, 0.5) is 5.69 Å². The lowest BCUT2D eigenvalue weighted by atomic mass is 10.0.